The Kier molecular flexibility index (Phi) is 6.10. The van der Waals surface area contributed by atoms with Crippen molar-refractivity contribution in [2.24, 2.45) is 0 Å². The Bertz CT molecular complexity index is 973. The van der Waals surface area contributed by atoms with Crippen LogP contribution in [0.1, 0.15) is 18.4 Å². The van der Waals surface area contributed by atoms with Crippen LogP contribution in [-0.4, -0.2) is 34.6 Å². The molecule has 1 aliphatic heterocycles. The van der Waals surface area contributed by atoms with Crippen molar-refractivity contribution < 1.29 is 18.3 Å². The van der Waals surface area contributed by atoms with Gasteiger partial charge in [-0.2, -0.15) is 0 Å². The fourth-order valence-electron chi connectivity index (χ4n) is 3.31. The Balaban J connectivity index is 1.58. The lowest BCUT2D eigenvalue weighted by Crippen LogP contribution is -2.16. The lowest BCUT2D eigenvalue weighted by atomic mass is 10.2. The lowest BCUT2D eigenvalue weighted by Gasteiger charge is -2.15. The van der Waals surface area contributed by atoms with E-state index in [0.29, 0.717) is 18.1 Å². The van der Waals surface area contributed by atoms with Gasteiger partial charge in [0.15, 0.2) is 22.5 Å². The Hall–Kier alpha value is -2.45. The highest BCUT2D eigenvalue weighted by atomic mass is 32.2. The average Bonchev–Trinajstić information content (AvgIpc) is 3.38. The monoisotopic (exact) mass is 417 g/mol. The van der Waals surface area contributed by atoms with Gasteiger partial charge in [-0.25, -0.2) is 8.78 Å². The van der Waals surface area contributed by atoms with Crippen molar-refractivity contribution in [1.82, 2.24) is 14.8 Å². The van der Waals surface area contributed by atoms with Gasteiger partial charge < -0.3 is 9.47 Å². The SMILES string of the molecule is COc1ccc(CSc2nnc(-c3ccc(F)cc3)n2C[C@@H]2CCCO2)cc1F. The number of hydrogen-bond acceptors (Lipinski definition) is 5. The first-order valence-corrected chi connectivity index (χ1v) is 10.4. The van der Waals surface area contributed by atoms with Gasteiger partial charge in [0.2, 0.25) is 0 Å². The van der Waals surface area contributed by atoms with Crippen LogP contribution in [0, 0.1) is 11.6 Å². The van der Waals surface area contributed by atoms with Crippen LogP contribution in [-0.2, 0) is 17.0 Å². The summed E-state index contributed by atoms with van der Waals surface area (Å²) in [7, 11) is 1.44. The van der Waals surface area contributed by atoms with E-state index < -0.39 is 5.82 Å². The van der Waals surface area contributed by atoms with Gasteiger partial charge in [0.1, 0.15) is 5.82 Å². The average molecular weight is 417 g/mol. The molecule has 0 bridgehead atoms. The first-order valence-electron chi connectivity index (χ1n) is 9.40. The van der Waals surface area contributed by atoms with E-state index in [1.807, 2.05) is 10.6 Å². The minimum absolute atomic E-state index is 0.1000. The fourth-order valence-corrected chi connectivity index (χ4v) is 4.20. The molecule has 0 spiro atoms. The highest BCUT2D eigenvalue weighted by molar-refractivity contribution is 7.98. The van der Waals surface area contributed by atoms with Crippen LogP contribution in [0.3, 0.4) is 0 Å². The van der Waals surface area contributed by atoms with Crippen molar-refractivity contribution in [3.63, 3.8) is 0 Å². The van der Waals surface area contributed by atoms with E-state index in [2.05, 4.69) is 10.2 Å². The second kappa shape index (κ2) is 8.92. The first-order chi connectivity index (χ1) is 14.1. The molecule has 8 heteroatoms. The van der Waals surface area contributed by atoms with Crippen molar-refractivity contribution in [3.05, 3.63) is 59.7 Å². The van der Waals surface area contributed by atoms with Crippen molar-refractivity contribution >= 4 is 11.8 Å². The van der Waals surface area contributed by atoms with Gasteiger partial charge in [-0.1, -0.05) is 17.8 Å². The van der Waals surface area contributed by atoms with E-state index in [9.17, 15) is 8.78 Å². The Morgan fingerprint density at radius 3 is 2.69 bits per heavy atom. The third kappa shape index (κ3) is 4.59. The molecule has 0 unspecified atom stereocenters. The van der Waals surface area contributed by atoms with Gasteiger partial charge in [-0.15, -0.1) is 10.2 Å². The van der Waals surface area contributed by atoms with E-state index in [1.165, 1.54) is 37.1 Å². The van der Waals surface area contributed by atoms with Crippen molar-refractivity contribution in [2.75, 3.05) is 13.7 Å². The zero-order chi connectivity index (χ0) is 20.2. The van der Waals surface area contributed by atoms with Crippen LogP contribution in [0.25, 0.3) is 11.4 Å². The standard InChI is InChI=1S/C21H21F2N3O2S/c1-27-19-9-4-14(11-18(19)23)13-29-21-25-24-20(15-5-7-16(22)8-6-15)26(21)12-17-3-2-10-28-17/h4-9,11,17H,2-3,10,12-13H2,1H3/t17-/m0/s1. The predicted octanol–water partition coefficient (Wildman–Crippen LogP) is 4.70. The molecule has 1 fully saturated rings. The van der Waals surface area contributed by atoms with Crippen LogP contribution >= 0.6 is 11.8 Å². The molecule has 1 saturated heterocycles. The molecular formula is C21H21F2N3O2S. The summed E-state index contributed by atoms with van der Waals surface area (Å²) in [6.45, 7) is 1.38. The summed E-state index contributed by atoms with van der Waals surface area (Å²) < 4.78 is 40.1. The fraction of sp³-hybridized carbons (Fsp3) is 0.333. The quantitative estimate of drug-likeness (QED) is 0.522. The van der Waals surface area contributed by atoms with Crippen molar-refractivity contribution in [2.45, 2.75) is 36.4 Å². The number of nitrogens with zero attached hydrogens (tertiary/aromatic N) is 3. The highest BCUT2D eigenvalue weighted by Gasteiger charge is 2.22. The molecule has 2 heterocycles. The first kappa shape index (κ1) is 19.8. The summed E-state index contributed by atoms with van der Waals surface area (Å²) in [4.78, 5) is 0. The zero-order valence-corrected chi connectivity index (χ0v) is 16.8. The molecule has 0 aliphatic carbocycles. The van der Waals surface area contributed by atoms with Gasteiger partial charge in [0, 0.05) is 17.9 Å². The molecule has 4 rings (SSSR count). The van der Waals surface area contributed by atoms with E-state index in [0.717, 1.165) is 35.7 Å². The molecule has 1 atom stereocenters. The zero-order valence-electron chi connectivity index (χ0n) is 16.0. The Labute approximate surface area is 172 Å². The largest absolute Gasteiger partial charge is 0.494 e. The number of ether oxygens (including phenoxy) is 2. The molecule has 3 aromatic rings. The van der Waals surface area contributed by atoms with E-state index >= 15 is 0 Å². The van der Waals surface area contributed by atoms with Gasteiger partial charge in [-0.3, -0.25) is 4.57 Å². The van der Waals surface area contributed by atoms with Crippen molar-refractivity contribution in [3.8, 4) is 17.1 Å². The minimum atomic E-state index is -0.390. The number of aromatic nitrogens is 3. The third-order valence-electron chi connectivity index (χ3n) is 4.81. The second-order valence-electron chi connectivity index (χ2n) is 6.82. The number of benzene rings is 2. The number of methoxy groups -OCH3 is 1. The Morgan fingerprint density at radius 2 is 2.00 bits per heavy atom. The molecule has 5 nitrogen and oxygen atoms in total. The van der Waals surface area contributed by atoms with E-state index in [4.69, 9.17) is 9.47 Å². The van der Waals surface area contributed by atoms with Gasteiger partial charge in [0.25, 0.3) is 0 Å². The molecule has 0 radical (unpaired) electrons. The number of thioether (sulfide) groups is 1. The smallest absolute Gasteiger partial charge is 0.191 e. The maximum Gasteiger partial charge on any atom is 0.191 e. The minimum Gasteiger partial charge on any atom is -0.494 e. The summed E-state index contributed by atoms with van der Waals surface area (Å²) in [6, 6.07) is 11.1. The Morgan fingerprint density at radius 1 is 1.17 bits per heavy atom. The molecule has 152 valence electrons. The third-order valence-corrected chi connectivity index (χ3v) is 5.85. The molecule has 1 aromatic heterocycles. The summed E-state index contributed by atoms with van der Waals surface area (Å²) in [6.07, 6.45) is 2.11. The number of rotatable bonds is 7. The molecule has 29 heavy (non-hydrogen) atoms. The van der Waals surface area contributed by atoms with Crippen LogP contribution in [0.4, 0.5) is 8.78 Å². The molecule has 2 aromatic carbocycles. The molecule has 0 saturated carbocycles. The summed E-state index contributed by atoms with van der Waals surface area (Å²) in [5, 5.41) is 9.39. The summed E-state index contributed by atoms with van der Waals surface area (Å²) in [5.74, 6) is 0.741. The van der Waals surface area contributed by atoms with E-state index in [1.54, 1.807) is 18.2 Å². The molecule has 0 N–H and O–H groups in total. The number of hydrogen-bond donors (Lipinski definition) is 0. The van der Waals surface area contributed by atoms with Crippen LogP contribution in [0.5, 0.6) is 5.75 Å². The summed E-state index contributed by atoms with van der Waals surface area (Å²) >= 11 is 1.48. The van der Waals surface area contributed by atoms with Gasteiger partial charge in [-0.05, 0) is 54.8 Å². The topological polar surface area (TPSA) is 49.2 Å². The van der Waals surface area contributed by atoms with Gasteiger partial charge in [0.05, 0.1) is 19.8 Å². The second-order valence-corrected chi connectivity index (χ2v) is 7.76. The maximum atomic E-state index is 14.0. The lowest BCUT2D eigenvalue weighted by molar-refractivity contribution is 0.0953. The molecular weight excluding hydrogens is 396 g/mol. The highest BCUT2D eigenvalue weighted by Crippen LogP contribution is 2.29. The molecule has 1 aliphatic rings. The van der Waals surface area contributed by atoms with Gasteiger partial charge >= 0.3 is 0 Å². The maximum absolute atomic E-state index is 14.0. The van der Waals surface area contributed by atoms with Crippen LogP contribution in [0.2, 0.25) is 0 Å². The molecule has 0 amide bonds. The predicted molar refractivity (Wildman–Crippen MR) is 107 cm³/mol. The normalized spacial score (nSPS) is 16.3. The van der Waals surface area contributed by atoms with Crippen LogP contribution < -0.4 is 4.74 Å². The summed E-state index contributed by atoms with van der Waals surface area (Å²) in [5.41, 5.74) is 1.61. The number of halogens is 2. The van der Waals surface area contributed by atoms with Crippen LogP contribution in [0.15, 0.2) is 47.6 Å². The van der Waals surface area contributed by atoms with Crippen molar-refractivity contribution in [1.29, 1.82) is 0 Å². The van der Waals surface area contributed by atoms with E-state index in [-0.39, 0.29) is 17.7 Å².